The molecule has 3 aromatic carbocycles. The predicted molar refractivity (Wildman–Crippen MR) is 131 cm³/mol. The number of carbonyl (C=O) groups excluding carboxylic acids is 1. The van der Waals surface area contributed by atoms with Gasteiger partial charge in [-0.05, 0) is 52.9 Å². The minimum atomic E-state index is -0.604. The Morgan fingerprint density at radius 1 is 1.03 bits per heavy atom. The van der Waals surface area contributed by atoms with Gasteiger partial charge in [-0.1, -0.05) is 61.0 Å². The smallest absolute Gasteiger partial charge is 0.336 e. The van der Waals surface area contributed by atoms with Gasteiger partial charge in [-0.15, -0.1) is 0 Å². The number of halogens is 1. The van der Waals surface area contributed by atoms with Crippen molar-refractivity contribution in [3.63, 3.8) is 0 Å². The molecule has 0 aliphatic rings. The second-order valence-electron chi connectivity index (χ2n) is 8.42. The first kappa shape index (κ1) is 24.2. The molecule has 33 heavy (non-hydrogen) atoms. The van der Waals surface area contributed by atoms with Crippen LogP contribution in [0.15, 0.2) is 77.3 Å². The molecule has 0 saturated carbocycles. The summed E-state index contributed by atoms with van der Waals surface area (Å²) in [6.07, 6.45) is 2.89. The van der Waals surface area contributed by atoms with E-state index >= 15 is 0 Å². The molecule has 0 amide bonds. The Balaban J connectivity index is 1.67. The van der Waals surface area contributed by atoms with Gasteiger partial charge in [0.15, 0.2) is 0 Å². The lowest BCUT2D eigenvalue weighted by molar-refractivity contribution is -0.384. The molecular formula is C26H24BrNO5. The second-order valence-corrected chi connectivity index (χ2v) is 9.34. The first-order chi connectivity index (χ1) is 15.6. The Morgan fingerprint density at radius 2 is 1.70 bits per heavy atom. The molecule has 0 heterocycles. The minimum Gasteiger partial charge on any atom is -0.488 e. The number of non-ortho nitro benzene ring substituents is 1. The maximum Gasteiger partial charge on any atom is 0.336 e. The summed E-state index contributed by atoms with van der Waals surface area (Å²) < 4.78 is 12.1. The highest BCUT2D eigenvalue weighted by Crippen LogP contribution is 2.27. The number of nitro groups is 1. The topological polar surface area (TPSA) is 78.7 Å². The van der Waals surface area contributed by atoms with Gasteiger partial charge in [-0.3, -0.25) is 10.1 Å². The van der Waals surface area contributed by atoms with E-state index in [0.717, 1.165) is 10.0 Å². The van der Waals surface area contributed by atoms with Crippen molar-refractivity contribution in [3.05, 3.63) is 104 Å². The van der Waals surface area contributed by atoms with Gasteiger partial charge in [0.25, 0.3) is 5.69 Å². The van der Waals surface area contributed by atoms with Crippen LogP contribution in [0.5, 0.6) is 11.5 Å². The molecule has 0 aliphatic heterocycles. The van der Waals surface area contributed by atoms with Crippen molar-refractivity contribution in [3.8, 4) is 11.5 Å². The number of carbonyl (C=O) groups is 1. The molecule has 7 heteroatoms. The maximum atomic E-state index is 12.2. The molecule has 0 radical (unpaired) electrons. The van der Waals surface area contributed by atoms with Crippen molar-refractivity contribution in [2.24, 2.45) is 0 Å². The van der Waals surface area contributed by atoms with Crippen molar-refractivity contribution in [2.45, 2.75) is 32.8 Å². The van der Waals surface area contributed by atoms with Gasteiger partial charge in [0.1, 0.15) is 18.1 Å². The third-order valence-corrected chi connectivity index (χ3v) is 5.34. The molecular weight excluding hydrogens is 486 g/mol. The van der Waals surface area contributed by atoms with Gasteiger partial charge < -0.3 is 9.47 Å². The van der Waals surface area contributed by atoms with E-state index in [1.165, 1.54) is 35.9 Å². The third kappa shape index (κ3) is 7.02. The van der Waals surface area contributed by atoms with Gasteiger partial charge >= 0.3 is 5.97 Å². The van der Waals surface area contributed by atoms with Crippen molar-refractivity contribution in [1.29, 1.82) is 0 Å². The fourth-order valence-electron chi connectivity index (χ4n) is 2.99. The van der Waals surface area contributed by atoms with E-state index in [1.54, 1.807) is 6.08 Å². The van der Waals surface area contributed by atoms with Crippen LogP contribution in [-0.4, -0.2) is 10.9 Å². The monoisotopic (exact) mass is 509 g/mol. The SMILES string of the molecule is CC(C)(C)c1ccc(COc2ccc(Br)cc2/C=C/C(=O)Oc2ccc([N+](=O)[O-])cc2)cc1. The van der Waals surface area contributed by atoms with Crippen LogP contribution in [0, 0.1) is 10.1 Å². The summed E-state index contributed by atoms with van der Waals surface area (Å²) in [5, 5.41) is 10.7. The first-order valence-corrected chi connectivity index (χ1v) is 11.1. The Kier molecular flexibility index (Phi) is 7.66. The quantitative estimate of drug-likeness (QED) is 0.114. The lowest BCUT2D eigenvalue weighted by Gasteiger charge is -2.19. The molecule has 0 saturated heterocycles. The van der Waals surface area contributed by atoms with E-state index in [1.807, 2.05) is 18.2 Å². The first-order valence-electron chi connectivity index (χ1n) is 10.3. The van der Waals surface area contributed by atoms with Crippen LogP contribution < -0.4 is 9.47 Å². The zero-order valence-electron chi connectivity index (χ0n) is 18.6. The molecule has 0 fully saturated rings. The minimum absolute atomic E-state index is 0.0747. The standard InChI is InChI=1S/C26H24BrNO5/c1-26(2,3)20-7-4-18(5-8-20)17-32-24-14-9-21(27)16-19(24)6-15-25(29)33-23-12-10-22(11-13-23)28(30)31/h4-16H,17H2,1-3H3/b15-6+. The molecule has 6 nitrogen and oxygen atoms in total. The Labute approximate surface area is 201 Å². The zero-order chi connectivity index (χ0) is 24.0. The Bertz CT molecular complexity index is 1160. The van der Waals surface area contributed by atoms with E-state index in [9.17, 15) is 14.9 Å². The van der Waals surface area contributed by atoms with Crippen LogP contribution in [0.2, 0.25) is 0 Å². The van der Waals surface area contributed by atoms with Crippen LogP contribution in [0.4, 0.5) is 5.69 Å². The fourth-order valence-corrected chi connectivity index (χ4v) is 3.37. The number of ether oxygens (including phenoxy) is 2. The highest BCUT2D eigenvalue weighted by molar-refractivity contribution is 9.10. The van der Waals surface area contributed by atoms with Crippen LogP contribution in [0.3, 0.4) is 0 Å². The maximum absolute atomic E-state index is 12.2. The second kappa shape index (κ2) is 10.4. The summed E-state index contributed by atoms with van der Waals surface area (Å²) in [6.45, 7) is 6.91. The van der Waals surface area contributed by atoms with Gasteiger partial charge in [-0.25, -0.2) is 4.79 Å². The average molecular weight is 510 g/mol. The summed E-state index contributed by atoms with van der Waals surface area (Å²) in [7, 11) is 0. The highest BCUT2D eigenvalue weighted by atomic mass is 79.9. The molecule has 0 bridgehead atoms. The number of nitro benzene ring substituents is 1. The van der Waals surface area contributed by atoms with Crippen LogP contribution >= 0.6 is 15.9 Å². The van der Waals surface area contributed by atoms with E-state index in [4.69, 9.17) is 9.47 Å². The van der Waals surface area contributed by atoms with E-state index in [-0.39, 0.29) is 16.9 Å². The average Bonchev–Trinajstić information content (AvgIpc) is 2.77. The van der Waals surface area contributed by atoms with Crippen molar-refractivity contribution >= 4 is 33.7 Å². The summed E-state index contributed by atoms with van der Waals surface area (Å²) in [5.41, 5.74) is 3.01. The number of esters is 1. The van der Waals surface area contributed by atoms with E-state index in [2.05, 4.69) is 61.0 Å². The lowest BCUT2D eigenvalue weighted by Crippen LogP contribution is -2.10. The highest BCUT2D eigenvalue weighted by Gasteiger charge is 2.13. The molecule has 0 aromatic heterocycles. The molecule has 0 atom stereocenters. The van der Waals surface area contributed by atoms with Crippen LogP contribution in [0.1, 0.15) is 37.5 Å². The zero-order valence-corrected chi connectivity index (χ0v) is 20.2. The summed E-state index contributed by atoms with van der Waals surface area (Å²) in [6, 6.07) is 19.2. The molecule has 0 N–H and O–H groups in total. The summed E-state index contributed by atoms with van der Waals surface area (Å²) >= 11 is 3.44. The van der Waals surface area contributed by atoms with E-state index in [0.29, 0.717) is 17.9 Å². The summed E-state index contributed by atoms with van der Waals surface area (Å²) in [4.78, 5) is 22.4. The predicted octanol–water partition coefficient (Wildman–Crippen LogP) is 6.85. The normalized spacial score (nSPS) is 11.4. The number of hydrogen-bond donors (Lipinski definition) is 0. The molecule has 3 rings (SSSR count). The van der Waals surface area contributed by atoms with Gasteiger partial charge in [0.05, 0.1) is 4.92 Å². The number of nitrogens with zero attached hydrogens (tertiary/aromatic N) is 1. The van der Waals surface area contributed by atoms with Crippen LogP contribution in [0.25, 0.3) is 6.08 Å². The van der Waals surface area contributed by atoms with Gasteiger partial charge in [0.2, 0.25) is 0 Å². The lowest BCUT2D eigenvalue weighted by atomic mass is 9.87. The number of hydrogen-bond acceptors (Lipinski definition) is 5. The Morgan fingerprint density at radius 3 is 2.30 bits per heavy atom. The Hall–Kier alpha value is -3.45. The van der Waals surface area contributed by atoms with Gasteiger partial charge in [-0.2, -0.15) is 0 Å². The summed E-state index contributed by atoms with van der Waals surface area (Å²) in [5.74, 6) is 0.240. The van der Waals surface area contributed by atoms with Crippen molar-refractivity contribution in [1.82, 2.24) is 0 Å². The van der Waals surface area contributed by atoms with Gasteiger partial charge in [0, 0.05) is 28.2 Å². The molecule has 170 valence electrons. The van der Waals surface area contributed by atoms with Crippen LogP contribution in [-0.2, 0) is 16.8 Å². The molecule has 0 spiro atoms. The third-order valence-electron chi connectivity index (χ3n) is 4.85. The van der Waals surface area contributed by atoms with Crippen molar-refractivity contribution < 1.29 is 19.2 Å². The number of rotatable bonds is 7. The molecule has 0 aliphatic carbocycles. The van der Waals surface area contributed by atoms with E-state index < -0.39 is 10.9 Å². The largest absolute Gasteiger partial charge is 0.488 e. The fraction of sp³-hybridized carbons (Fsp3) is 0.192. The van der Waals surface area contributed by atoms with Crippen molar-refractivity contribution in [2.75, 3.05) is 0 Å². The molecule has 3 aromatic rings. The number of benzene rings is 3. The molecule has 0 unspecified atom stereocenters.